The first-order valence-corrected chi connectivity index (χ1v) is 10.4. The summed E-state index contributed by atoms with van der Waals surface area (Å²) in [5.41, 5.74) is 2.12. The van der Waals surface area contributed by atoms with E-state index in [1.165, 1.54) is 16.0 Å². The SMILES string of the molecule is CCc1ccnc(C2(C#N)CCN(Cc3cc(C(=O)O)c(=O)n4ccccc34)CC2)c1. The van der Waals surface area contributed by atoms with Gasteiger partial charge in [0.2, 0.25) is 0 Å². The maximum absolute atomic E-state index is 12.5. The molecule has 4 rings (SSSR count). The third-order valence-corrected chi connectivity index (χ3v) is 6.23. The molecule has 1 aliphatic rings. The molecule has 0 radical (unpaired) electrons. The fourth-order valence-corrected chi connectivity index (χ4v) is 4.32. The molecule has 0 aliphatic carbocycles. The normalized spacial score (nSPS) is 16.1. The molecular weight excluding hydrogens is 392 g/mol. The van der Waals surface area contributed by atoms with Gasteiger partial charge < -0.3 is 5.11 Å². The number of hydrogen-bond donors (Lipinski definition) is 1. The van der Waals surface area contributed by atoms with Crippen molar-refractivity contribution < 1.29 is 9.90 Å². The summed E-state index contributed by atoms with van der Waals surface area (Å²) in [6.07, 6.45) is 5.58. The summed E-state index contributed by atoms with van der Waals surface area (Å²) in [5, 5.41) is 19.4. The topological polar surface area (TPSA) is 98.7 Å². The molecule has 1 saturated heterocycles. The first-order chi connectivity index (χ1) is 15.0. The average molecular weight is 416 g/mol. The number of pyridine rings is 3. The first-order valence-electron chi connectivity index (χ1n) is 10.4. The van der Waals surface area contributed by atoms with Crippen LogP contribution in [0, 0.1) is 11.3 Å². The molecule has 1 N–H and O–H groups in total. The summed E-state index contributed by atoms with van der Waals surface area (Å²) in [7, 11) is 0. The average Bonchev–Trinajstić information content (AvgIpc) is 2.81. The standard InChI is InChI=1S/C24H24N4O3/c1-2-17-6-9-26-21(13-17)24(16-25)7-11-27(12-8-24)15-18-14-19(23(30)31)22(29)28-10-4-3-5-20(18)28/h3-6,9-10,13-14H,2,7-8,11-12,15H2,1H3,(H,30,31). The molecule has 1 fully saturated rings. The third kappa shape index (κ3) is 3.82. The van der Waals surface area contributed by atoms with Crippen LogP contribution < -0.4 is 5.56 Å². The van der Waals surface area contributed by atoms with Crippen LogP contribution in [0.2, 0.25) is 0 Å². The lowest BCUT2D eigenvalue weighted by Gasteiger charge is -2.37. The van der Waals surface area contributed by atoms with E-state index in [-0.39, 0.29) is 5.56 Å². The van der Waals surface area contributed by atoms with Crippen LogP contribution in [0.1, 0.15) is 46.9 Å². The van der Waals surface area contributed by atoms with Gasteiger partial charge in [-0.2, -0.15) is 5.26 Å². The Balaban J connectivity index is 1.60. The molecule has 1 aliphatic heterocycles. The fraction of sp³-hybridized carbons (Fsp3) is 0.333. The highest BCUT2D eigenvalue weighted by atomic mass is 16.4. The number of aromatic nitrogens is 2. The zero-order valence-electron chi connectivity index (χ0n) is 17.4. The van der Waals surface area contributed by atoms with E-state index in [1.807, 2.05) is 24.3 Å². The Bertz CT molecular complexity index is 1230. The number of hydrogen-bond acceptors (Lipinski definition) is 5. The Labute approximate surface area is 180 Å². The van der Waals surface area contributed by atoms with Crippen molar-refractivity contribution in [1.29, 1.82) is 5.26 Å². The van der Waals surface area contributed by atoms with Crippen LogP contribution in [0.5, 0.6) is 0 Å². The number of carboxylic acids is 1. The number of likely N-dealkylation sites (tertiary alicyclic amines) is 1. The van der Waals surface area contributed by atoms with E-state index in [4.69, 9.17) is 0 Å². The van der Waals surface area contributed by atoms with Crippen LogP contribution in [-0.2, 0) is 18.4 Å². The van der Waals surface area contributed by atoms with Crippen LogP contribution in [0.25, 0.3) is 5.52 Å². The zero-order chi connectivity index (χ0) is 22.0. The van der Waals surface area contributed by atoms with Crippen molar-refractivity contribution >= 4 is 11.5 Å². The van der Waals surface area contributed by atoms with E-state index in [1.54, 1.807) is 18.5 Å². The molecule has 3 aromatic rings. The summed E-state index contributed by atoms with van der Waals surface area (Å²) < 4.78 is 1.39. The van der Waals surface area contributed by atoms with Crippen LogP contribution in [0.4, 0.5) is 0 Å². The maximum atomic E-state index is 12.5. The smallest absolute Gasteiger partial charge is 0.341 e. The molecule has 7 nitrogen and oxygen atoms in total. The van der Waals surface area contributed by atoms with Crippen molar-refractivity contribution in [3.8, 4) is 6.07 Å². The summed E-state index contributed by atoms with van der Waals surface area (Å²) in [5.74, 6) is -1.23. The number of rotatable bonds is 5. The van der Waals surface area contributed by atoms with Gasteiger partial charge in [0.05, 0.1) is 17.3 Å². The molecule has 0 bridgehead atoms. The van der Waals surface area contributed by atoms with Crippen molar-refractivity contribution in [2.75, 3.05) is 13.1 Å². The molecule has 0 unspecified atom stereocenters. The van der Waals surface area contributed by atoms with E-state index in [0.29, 0.717) is 38.0 Å². The molecule has 0 atom stereocenters. The van der Waals surface area contributed by atoms with Crippen molar-refractivity contribution in [3.05, 3.63) is 81.5 Å². The van der Waals surface area contributed by atoms with E-state index >= 15 is 0 Å². The molecule has 0 spiro atoms. The van der Waals surface area contributed by atoms with Gasteiger partial charge in [-0.05, 0) is 60.7 Å². The summed E-state index contributed by atoms with van der Waals surface area (Å²) >= 11 is 0. The molecule has 31 heavy (non-hydrogen) atoms. The zero-order valence-corrected chi connectivity index (χ0v) is 17.4. The van der Waals surface area contributed by atoms with Gasteiger partial charge in [0, 0.05) is 32.0 Å². The molecule has 0 saturated carbocycles. The van der Waals surface area contributed by atoms with Crippen LogP contribution in [-0.4, -0.2) is 38.4 Å². The molecule has 4 heterocycles. The van der Waals surface area contributed by atoms with E-state index < -0.39 is 16.9 Å². The molecule has 158 valence electrons. The lowest BCUT2D eigenvalue weighted by Crippen LogP contribution is -2.42. The monoisotopic (exact) mass is 416 g/mol. The van der Waals surface area contributed by atoms with Crippen LogP contribution >= 0.6 is 0 Å². The molecule has 0 aromatic carbocycles. The summed E-state index contributed by atoms with van der Waals surface area (Å²) in [6.45, 7) is 3.97. The Morgan fingerprint density at radius 2 is 2.03 bits per heavy atom. The number of carboxylic acid groups (broad SMARTS) is 1. The lowest BCUT2D eigenvalue weighted by atomic mass is 9.76. The van der Waals surface area contributed by atoms with Gasteiger partial charge in [-0.25, -0.2) is 4.79 Å². The molecule has 3 aromatic heterocycles. The van der Waals surface area contributed by atoms with Crippen LogP contribution in [0.3, 0.4) is 0 Å². The van der Waals surface area contributed by atoms with E-state index in [2.05, 4.69) is 22.9 Å². The number of fused-ring (bicyclic) bond motifs is 1. The van der Waals surface area contributed by atoms with Gasteiger partial charge >= 0.3 is 5.97 Å². The largest absolute Gasteiger partial charge is 0.477 e. The minimum absolute atomic E-state index is 0.234. The minimum atomic E-state index is -1.23. The number of nitriles is 1. The van der Waals surface area contributed by atoms with Crippen molar-refractivity contribution in [3.63, 3.8) is 0 Å². The second-order valence-corrected chi connectivity index (χ2v) is 8.02. The van der Waals surface area contributed by atoms with E-state index in [9.17, 15) is 20.0 Å². The number of piperidine rings is 1. The van der Waals surface area contributed by atoms with Gasteiger partial charge in [0.25, 0.3) is 5.56 Å². The van der Waals surface area contributed by atoms with Crippen LogP contribution in [0.15, 0.2) is 53.6 Å². The minimum Gasteiger partial charge on any atom is -0.477 e. The van der Waals surface area contributed by atoms with Gasteiger partial charge in [-0.3, -0.25) is 19.1 Å². The number of aryl methyl sites for hydroxylation is 1. The molecule has 0 amide bonds. The highest BCUT2D eigenvalue weighted by Crippen LogP contribution is 2.35. The Hall–Kier alpha value is -3.50. The Morgan fingerprint density at radius 3 is 2.71 bits per heavy atom. The fourth-order valence-electron chi connectivity index (χ4n) is 4.32. The quantitative estimate of drug-likeness (QED) is 0.686. The number of carbonyl (C=O) groups is 1. The lowest BCUT2D eigenvalue weighted by molar-refractivity contribution is 0.0694. The number of aromatic carboxylic acids is 1. The predicted molar refractivity (Wildman–Crippen MR) is 116 cm³/mol. The second kappa shape index (κ2) is 8.32. The Kier molecular flexibility index (Phi) is 5.57. The van der Waals surface area contributed by atoms with Crippen molar-refractivity contribution in [2.24, 2.45) is 0 Å². The molecular formula is C24H24N4O3. The third-order valence-electron chi connectivity index (χ3n) is 6.23. The van der Waals surface area contributed by atoms with Gasteiger partial charge in [-0.15, -0.1) is 0 Å². The molecule has 7 heteroatoms. The first kappa shape index (κ1) is 20.8. The van der Waals surface area contributed by atoms with E-state index in [0.717, 1.165) is 17.7 Å². The van der Waals surface area contributed by atoms with Gasteiger partial charge in [0.1, 0.15) is 11.0 Å². The van der Waals surface area contributed by atoms with Gasteiger partial charge in [-0.1, -0.05) is 13.0 Å². The second-order valence-electron chi connectivity index (χ2n) is 8.02. The highest BCUT2D eigenvalue weighted by Gasteiger charge is 2.38. The number of nitrogens with zero attached hydrogens (tertiary/aromatic N) is 4. The Morgan fingerprint density at radius 1 is 1.26 bits per heavy atom. The predicted octanol–water partition coefficient (Wildman–Crippen LogP) is 3.01. The van der Waals surface area contributed by atoms with Gasteiger partial charge in [0.15, 0.2) is 0 Å². The van der Waals surface area contributed by atoms with Crippen molar-refractivity contribution in [2.45, 2.75) is 38.1 Å². The summed E-state index contributed by atoms with van der Waals surface area (Å²) in [4.78, 5) is 30.8. The van der Waals surface area contributed by atoms with Crippen molar-refractivity contribution in [1.82, 2.24) is 14.3 Å². The highest BCUT2D eigenvalue weighted by molar-refractivity contribution is 5.88. The summed E-state index contributed by atoms with van der Waals surface area (Å²) in [6, 6.07) is 13.4. The maximum Gasteiger partial charge on any atom is 0.341 e.